The summed E-state index contributed by atoms with van der Waals surface area (Å²) in [5, 5.41) is 0. The van der Waals surface area contributed by atoms with E-state index in [4.69, 9.17) is 0 Å². The van der Waals surface area contributed by atoms with Crippen molar-refractivity contribution in [1.82, 2.24) is 0 Å². The highest BCUT2D eigenvalue weighted by Crippen LogP contribution is 2.53. The van der Waals surface area contributed by atoms with Crippen molar-refractivity contribution in [2.24, 2.45) is 23.7 Å². The van der Waals surface area contributed by atoms with E-state index in [0.717, 1.165) is 15.7 Å². The number of amides is 2. The van der Waals surface area contributed by atoms with Gasteiger partial charge in [-0.3, -0.25) is 9.59 Å². The van der Waals surface area contributed by atoms with Crippen molar-refractivity contribution in [2.75, 3.05) is 4.90 Å². The predicted molar refractivity (Wildman–Crippen MR) is 79.4 cm³/mol. The molecule has 4 atom stereocenters. The van der Waals surface area contributed by atoms with Gasteiger partial charge in [0.1, 0.15) is 0 Å². The summed E-state index contributed by atoms with van der Waals surface area (Å²) in [4.78, 5) is 26.6. The van der Waals surface area contributed by atoms with E-state index in [1.807, 2.05) is 24.3 Å². The quantitative estimate of drug-likeness (QED) is 0.436. The molecule has 1 heterocycles. The number of hydrogen-bond donors (Lipinski definition) is 0. The minimum absolute atomic E-state index is 0.00374. The summed E-state index contributed by atoms with van der Waals surface area (Å²) >= 11 is 2.18. The van der Waals surface area contributed by atoms with Crippen LogP contribution in [0.4, 0.5) is 5.69 Å². The third-order valence-electron chi connectivity index (χ3n) is 4.56. The van der Waals surface area contributed by atoms with Gasteiger partial charge in [-0.15, -0.1) is 0 Å². The van der Waals surface area contributed by atoms with Crippen molar-refractivity contribution in [3.05, 3.63) is 40.0 Å². The molecule has 2 aliphatic carbocycles. The molecule has 4 rings (SSSR count). The molecule has 1 saturated heterocycles. The van der Waals surface area contributed by atoms with Crippen molar-refractivity contribution in [3.8, 4) is 0 Å². The molecular formula is C15H12INO2. The second-order valence-corrected chi connectivity index (χ2v) is 6.63. The van der Waals surface area contributed by atoms with Crippen LogP contribution in [0.15, 0.2) is 36.4 Å². The number of carbonyl (C=O) groups excluding carboxylic acids is 2. The fourth-order valence-corrected chi connectivity index (χ4v) is 4.40. The maximum Gasteiger partial charge on any atom is 0.238 e. The van der Waals surface area contributed by atoms with Crippen LogP contribution in [0.5, 0.6) is 0 Å². The highest BCUT2D eigenvalue weighted by atomic mass is 127. The molecular weight excluding hydrogens is 353 g/mol. The van der Waals surface area contributed by atoms with Gasteiger partial charge in [-0.25, -0.2) is 4.90 Å². The minimum Gasteiger partial charge on any atom is -0.274 e. The molecule has 19 heavy (non-hydrogen) atoms. The number of fused-ring (bicyclic) bond motifs is 5. The van der Waals surface area contributed by atoms with Gasteiger partial charge in [0.15, 0.2) is 0 Å². The van der Waals surface area contributed by atoms with E-state index in [0.29, 0.717) is 0 Å². The molecule has 1 saturated carbocycles. The number of nitrogens with zero attached hydrogens (tertiary/aromatic N) is 1. The Bertz CT molecular complexity index is 594. The summed E-state index contributed by atoms with van der Waals surface area (Å²) in [5.74, 6) is 0.319. The van der Waals surface area contributed by atoms with E-state index in [-0.39, 0.29) is 35.5 Å². The lowest BCUT2D eigenvalue weighted by Gasteiger charge is -2.18. The molecule has 0 N–H and O–H groups in total. The molecule has 2 amide bonds. The first-order valence-electron chi connectivity index (χ1n) is 6.49. The molecule has 96 valence electrons. The second-order valence-electron chi connectivity index (χ2n) is 5.46. The number of allylic oxidation sites excluding steroid dienone is 2. The van der Waals surface area contributed by atoms with Crippen molar-refractivity contribution in [3.63, 3.8) is 0 Å². The van der Waals surface area contributed by atoms with Crippen LogP contribution in [0, 0.1) is 27.2 Å². The van der Waals surface area contributed by atoms with Crippen molar-refractivity contribution in [1.29, 1.82) is 0 Å². The molecule has 0 unspecified atom stereocenters. The van der Waals surface area contributed by atoms with E-state index in [9.17, 15) is 9.59 Å². The number of para-hydroxylation sites is 1. The Morgan fingerprint density at radius 3 is 2.16 bits per heavy atom. The van der Waals surface area contributed by atoms with E-state index in [1.54, 1.807) is 0 Å². The average Bonchev–Trinajstić information content (AvgIpc) is 3.06. The first-order chi connectivity index (χ1) is 9.18. The molecule has 3 nitrogen and oxygen atoms in total. The van der Waals surface area contributed by atoms with Crippen LogP contribution in [0.25, 0.3) is 0 Å². The zero-order valence-corrected chi connectivity index (χ0v) is 12.3. The van der Waals surface area contributed by atoms with Gasteiger partial charge < -0.3 is 0 Å². The van der Waals surface area contributed by atoms with Crippen LogP contribution in [-0.4, -0.2) is 11.8 Å². The average molecular weight is 365 g/mol. The van der Waals surface area contributed by atoms with Crippen molar-refractivity contribution >= 4 is 40.1 Å². The maximum atomic E-state index is 12.6. The zero-order chi connectivity index (χ0) is 13.1. The van der Waals surface area contributed by atoms with Gasteiger partial charge in [0.25, 0.3) is 0 Å². The van der Waals surface area contributed by atoms with E-state index in [2.05, 4.69) is 34.7 Å². The Balaban J connectivity index is 1.79. The van der Waals surface area contributed by atoms with Crippen molar-refractivity contribution < 1.29 is 9.59 Å². The SMILES string of the molecule is O=C1[C@@H]2[C@H](C(=O)N1c1ccccc1I)[C@H]1C=C[C@H]2C1. The number of hydrogen-bond acceptors (Lipinski definition) is 2. The molecule has 2 bridgehead atoms. The maximum absolute atomic E-state index is 12.6. The third kappa shape index (κ3) is 1.43. The number of carbonyl (C=O) groups is 2. The van der Waals surface area contributed by atoms with E-state index in [1.165, 1.54) is 4.90 Å². The number of halogens is 1. The smallest absolute Gasteiger partial charge is 0.238 e. The molecule has 0 spiro atoms. The topological polar surface area (TPSA) is 37.4 Å². The van der Waals surface area contributed by atoms with E-state index < -0.39 is 0 Å². The van der Waals surface area contributed by atoms with Crippen LogP contribution in [0.1, 0.15) is 6.42 Å². The molecule has 1 aliphatic heterocycles. The van der Waals surface area contributed by atoms with Gasteiger partial charge in [-0.2, -0.15) is 0 Å². The number of benzene rings is 1. The lowest BCUT2D eigenvalue weighted by Crippen LogP contribution is -2.33. The highest BCUT2D eigenvalue weighted by molar-refractivity contribution is 14.1. The Morgan fingerprint density at radius 2 is 1.58 bits per heavy atom. The monoisotopic (exact) mass is 365 g/mol. The van der Waals surface area contributed by atoms with E-state index >= 15 is 0 Å². The van der Waals surface area contributed by atoms with Gasteiger partial charge >= 0.3 is 0 Å². The molecule has 3 aliphatic rings. The summed E-state index contributed by atoms with van der Waals surface area (Å²) in [6, 6.07) is 7.58. The Kier molecular flexibility index (Phi) is 2.40. The number of anilines is 1. The summed E-state index contributed by atoms with van der Waals surface area (Å²) in [6.07, 6.45) is 5.22. The fourth-order valence-electron chi connectivity index (χ4n) is 3.77. The van der Waals surface area contributed by atoms with Gasteiger partial charge in [0.05, 0.1) is 17.5 Å². The molecule has 1 aromatic rings. The largest absolute Gasteiger partial charge is 0.274 e. The van der Waals surface area contributed by atoms with Gasteiger partial charge in [0.2, 0.25) is 11.8 Å². The molecule has 1 aromatic carbocycles. The van der Waals surface area contributed by atoms with Gasteiger partial charge in [-0.05, 0) is 53.0 Å². The molecule has 2 fully saturated rings. The third-order valence-corrected chi connectivity index (χ3v) is 5.48. The standard InChI is InChI=1S/C15H12INO2/c16-10-3-1-2-4-11(10)17-14(18)12-8-5-6-9(7-8)13(12)15(17)19/h1-6,8-9,12-13H,7H2/t8-,9-,12-,13+/m0/s1. The Labute approximate surface area is 124 Å². The summed E-state index contributed by atoms with van der Waals surface area (Å²) in [5.41, 5.74) is 0.743. The van der Waals surface area contributed by atoms with Crippen LogP contribution in [0.3, 0.4) is 0 Å². The van der Waals surface area contributed by atoms with Crippen LogP contribution in [-0.2, 0) is 9.59 Å². The zero-order valence-electron chi connectivity index (χ0n) is 10.1. The number of imide groups is 1. The first kappa shape index (κ1) is 11.6. The summed E-state index contributed by atoms with van der Waals surface area (Å²) in [6.45, 7) is 0. The highest BCUT2D eigenvalue weighted by Gasteiger charge is 2.59. The van der Waals surface area contributed by atoms with Crippen LogP contribution < -0.4 is 4.90 Å². The Morgan fingerprint density at radius 1 is 1.00 bits per heavy atom. The summed E-state index contributed by atoms with van der Waals surface area (Å²) < 4.78 is 0.946. The molecule has 0 radical (unpaired) electrons. The first-order valence-corrected chi connectivity index (χ1v) is 7.57. The van der Waals surface area contributed by atoms with Gasteiger partial charge in [0, 0.05) is 3.57 Å². The van der Waals surface area contributed by atoms with Crippen LogP contribution >= 0.6 is 22.6 Å². The lowest BCUT2D eigenvalue weighted by atomic mass is 9.85. The van der Waals surface area contributed by atoms with Crippen LogP contribution in [0.2, 0.25) is 0 Å². The predicted octanol–water partition coefficient (Wildman–Crippen LogP) is 2.60. The second kappa shape index (κ2) is 3.91. The number of rotatable bonds is 1. The summed E-state index contributed by atoms with van der Waals surface area (Å²) in [7, 11) is 0. The normalized spacial score (nSPS) is 35.3. The van der Waals surface area contributed by atoms with Crippen molar-refractivity contribution in [2.45, 2.75) is 6.42 Å². The minimum atomic E-state index is -0.112. The molecule has 0 aromatic heterocycles. The molecule has 4 heteroatoms. The fraction of sp³-hybridized carbons (Fsp3) is 0.333. The van der Waals surface area contributed by atoms with Gasteiger partial charge in [-0.1, -0.05) is 24.3 Å². The Hall–Kier alpha value is -1.17. The lowest BCUT2D eigenvalue weighted by molar-refractivity contribution is -0.123.